The van der Waals surface area contributed by atoms with Crippen LogP contribution < -0.4 is 5.32 Å². The Hall–Kier alpha value is -4.59. The number of hydrogen-bond donors (Lipinski definition) is 1. The van der Waals surface area contributed by atoms with E-state index in [0.29, 0.717) is 17.5 Å². The normalized spacial score (nSPS) is 11.3. The molecule has 0 aliphatic rings. The molecule has 3 aromatic carbocycles. The number of benzene rings is 3. The summed E-state index contributed by atoms with van der Waals surface area (Å²) in [5.41, 5.74) is 4.88. The third-order valence-corrected chi connectivity index (χ3v) is 5.50. The summed E-state index contributed by atoms with van der Waals surface area (Å²) in [6, 6.07) is 22.3. The van der Waals surface area contributed by atoms with Crippen molar-refractivity contribution in [1.29, 1.82) is 0 Å². The number of aromatic nitrogens is 6. The standard InChI is InChI=1S/C25H19N7O/c1-16-29-24(31-33-16)18-7-9-22-21(12-18)25(27-15-26-22)30-20-8-10-23-19(11-20)13-28-32(23)14-17-5-3-2-4-6-17/h2-13,15H,14H2,1H3,(H,26,27,30). The Kier molecular flexibility index (Phi) is 4.54. The van der Waals surface area contributed by atoms with Gasteiger partial charge in [0.1, 0.15) is 12.1 Å². The number of fused-ring (bicyclic) bond motifs is 2. The van der Waals surface area contributed by atoms with Crippen molar-refractivity contribution in [1.82, 2.24) is 29.9 Å². The Morgan fingerprint density at radius 1 is 0.970 bits per heavy atom. The first-order valence-corrected chi connectivity index (χ1v) is 10.5. The summed E-state index contributed by atoms with van der Waals surface area (Å²) in [5, 5.41) is 13.9. The lowest BCUT2D eigenvalue weighted by molar-refractivity contribution is 0.394. The lowest BCUT2D eigenvalue weighted by atomic mass is 10.1. The molecule has 8 nitrogen and oxygen atoms in total. The summed E-state index contributed by atoms with van der Waals surface area (Å²) in [6.45, 7) is 2.50. The second kappa shape index (κ2) is 7.83. The van der Waals surface area contributed by atoms with Gasteiger partial charge in [0.15, 0.2) is 0 Å². The predicted molar refractivity (Wildman–Crippen MR) is 126 cm³/mol. The molecule has 33 heavy (non-hydrogen) atoms. The minimum absolute atomic E-state index is 0.522. The third kappa shape index (κ3) is 3.67. The van der Waals surface area contributed by atoms with Gasteiger partial charge in [0, 0.05) is 28.9 Å². The van der Waals surface area contributed by atoms with E-state index in [1.165, 1.54) is 5.56 Å². The highest BCUT2D eigenvalue weighted by molar-refractivity contribution is 5.94. The second-order valence-electron chi connectivity index (χ2n) is 7.78. The maximum Gasteiger partial charge on any atom is 0.223 e. The van der Waals surface area contributed by atoms with E-state index in [1.807, 2.05) is 53.3 Å². The zero-order valence-electron chi connectivity index (χ0n) is 17.8. The van der Waals surface area contributed by atoms with E-state index < -0.39 is 0 Å². The summed E-state index contributed by atoms with van der Waals surface area (Å²) in [7, 11) is 0. The summed E-state index contributed by atoms with van der Waals surface area (Å²) < 4.78 is 7.13. The number of nitrogens with one attached hydrogen (secondary N) is 1. The maximum absolute atomic E-state index is 5.12. The summed E-state index contributed by atoms with van der Waals surface area (Å²) in [5.74, 6) is 1.77. The highest BCUT2D eigenvalue weighted by atomic mass is 16.5. The van der Waals surface area contributed by atoms with Crippen LogP contribution in [0, 0.1) is 6.92 Å². The van der Waals surface area contributed by atoms with E-state index in [-0.39, 0.29) is 0 Å². The monoisotopic (exact) mass is 433 g/mol. The Morgan fingerprint density at radius 3 is 2.73 bits per heavy atom. The molecule has 1 N–H and O–H groups in total. The zero-order chi connectivity index (χ0) is 22.2. The molecule has 0 amide bonds. The van der Waals surface area contributed by atoms with Crippen molar-refractivity contribution in [2.24, 2.45) is 0 Å². The van der Waals surface area contributed by atoms with Gasteiger partial charge in [-0.3, -0.25) is 4.68 Å². The minimum Gasteiger partial charge on any atom is -0.340 e. The molecule has 3 aromatic heterocycles. The minimum atomic E-state index is 0.522. The van der Waals surface area contributed by atoms with E-state index in [2.05, 4.69) is 54.8 Å². The molecule has 8 heteroatoms. The molecule has 0 radical (unpaired) electrons. The molecular formula is C25H19N7O. The highest BCUT2D eigenvalue weighted by Gasteiger charge is 2.11. The van der Waals surface area contributed by atoms with Crippen molar-refractivity contribution < 1.29 is 4.52 Å². The van der Waals surface area contributed by atoms with Crippen molar-refractivity contribution in [3.8, 4) is 11.4 Å². The zero-order valence-corrected chi connectivity index (χ0v) is 17.8. The molecule has 0 aliphatic carbocycles. The van der Waals surface area contributed by atoms with Crippen molar-refractivity contribution in [2.75, 3.05) is 5.32 Å². The average molecular weight is 433 g/mol. The van der Waals surface area contributed by atoms with E-state index in [0.717, 1.165) is 39.6 Å². The molecular weight excluding hydrogens is 414 g/mol. The van der Waals surface area contributed by atoms with Crippen LogP contribution in [-0.4, -0.2) is 29.9 Å². The molecule has 6 aromatic rings. The predicted octanol–water partition coefficient (Wildman–Crippen LogP) is 5.13. The molecule has 160 valence electrons. The molecule has 0 aliphatic heterocycles. The van der Waals surface area contributed by atoms with Crippen LogP contribution in [-0.2, 0) is 6.54 Å². The second-order valence-corrected chi connectivity index (χ2v) is 7.78. The van der Waals surface area contributed by atoms with Crippen molar-refractivity contribution in [3.05, 3.63) is 90.7 Å². The Bertz CT molecular complexity index is 1590. The number of aryl methyl sites for hydroxylation is 1. The lowest BCUT2D eigenvalue weighted by Crippen LogP contribution is -2.01. The molecule has 6 rings (SSSR count). The van der Waals surface area contributed by atoms with Crippen LogP contribution in [0.3, 0.4) is 0 Å². The van der Waals surface area contributed by atoms with Gasteiger partial charge in [-0.05, 0) is 42.0 Å². The molecule has 0 atom stereocenters. The summed E-state index contributed by atoms with van der Waals surface area (Å²) in [4.78, 5) is 13.2. The van der Waals surface area contributed by atoms with Gasteiger partial charge < -0.3 is 9.84 Å². The average Bonchev–Trinajstić information content (AvgIpc) is 3.46. The molecule has 0 spiro atoms. The van der Waals surface area contributed by atoms with Gasteiger partial charge in [-0.15, -0.1) is 0 Å². The van der Waals surface area contributed by atoms with E-state index in [9.17, 15) is 0 Å². The fraction of sp³-hybridized carbons (Fsp3) is 0.0800. The molecule has 0 bridgehead atoms. The number of anilines is 2. The molecule has 0 saturated carbocycles. The summed E-state index contributed by atoms with van der Waals surface area (Å²) in [6.07, 6.45) is 3.44. The first-order chi connectivity index (χ1) is 16.2. The molecule has 0 fully saturated rings. The van der Waals surface area contributed by atoms with E-state index >= 15 is 0 Å². The van der Waals surface area contributed by atoms with Gasteiger partial charge in [0.05, 0.1) is 23.8 Å². The van der Waals surface area contributed by atoms with Crippen LogP contribution in [0.5, 0.6) is 0 Å². The molecule has 0 unspecified atom stereocenters. The van der Waals surface area contributed by atoms with Crippen LogP contribution in [0.1, 0.15) is 11.5 Å². The Labute approximate surface area is 188 Å². The van der Waals surface area contributed by atoms with Crippen molar-refractivity contribution in [3.63, 3.8) is 0 Å². The largest absolute Gasteiger partial charge is 0.340 e. The summed E-state index contributed by atoms with van der Waals surface area (Å²) >= 11 is 0. The van der Waals surface area contributed by atoms with Gasteiger partial charge in [0.25, 0.3) is 0 Å². The Morgan fingerprint density at radius 2 is 1.88 bits per heavy atom. The number of rotatable bonds is 5. The van der Waals surface area contributed by atoms with Gasteiger partial charge >= 0.3 is 0 Å². The smallest absolute Gasteiger partial charge is 0.223 e. The first kappa shape index (κ1) is 19.1. The highest BCUT2D eigenvalue weighted by Crippen LogP contribution is 2.28. The fourth-order valence-corrected chi connectivity index (χ4v) is 3.90. The van der Waals surface area contributed by atoms with E-state index in [4.69, 9.17) is 4.52 Å². The molecule has 0 saturated heterocycles. The molecule has 3 heterocycles. The fourth-order valence-electron chi connectivity index (χ4n) is 3.90. The van der Waals surface area contributed by atoms with E-state index in [1.54, 1.807) is 13.3 Å². The van der Waals surface area contributed by atoms with Crippen LogP contribution in [0.15, 0.2) is 83.8 Å². The lowest BCUT2D eigenvalue weighted by Gasteiger charge is -2.10. The quantitative estimate of drug-likeness (QED) is 0.403. The first-order valence-electron chi connectivity index (χ1n) is 10.5. The topological polar surface area (TPSA) is 94.6 Å². The van der Waals surface area contributed by atoms with Crippen LogP contribution >= 0.6 is 0 Å². The number of nitrogens with zero attached hydrogens (tertiary/aromatic N) is 6. The van der Waals surface area contributed by atoms with Crippen LogP contribution in [0.2, 0.25) is 0 Å². The van der Waals surface area contributed by atoms with Gasteiger partial charge in [-0.25, -0.2) is 9.97 Å². The Balaban J connectivity index is 1.33. The third-order valence-electron chi connectivity index (χ3n) is 5.50. The van der Waals surface area contributed by atoms with Gasteiger partial charge in [-0.1, -0.05) is 35.5 Å². The van der Waals surface area contributed by atoms with Crippen molar-refractivity contribution in [2.45, 2.75) is 13.5 Å². The van der Waals surface area contributed by atoms with Gasteiger partial charge in [-0.2, -0.15) is 10.1 Å². The SMILES string of the molecule is Cc1nc(-c2ccc3ncnc(Nc4ccc5c(cnn5Cc5ccccc5)c4)c3c2)no1. The van der Waals surface area contributed by atoms with Gasteiger partial charge in [0.2, 0.25) is 11.7 Å². The van der Waals surface area contributed by atoms with Crippen LogP contribution in [0.4, 0.5) is 11.5 Å². The maximum atomic E-state index is 5.12. The van der Waals surface area contributed by atoms with Crippen LogP contribution in [0.25, 0.3) is 33.2 Å². The van der Waals surface area contributed by atoms with Crippen molar-refractivity contribution >= 4 is 33.3 Å². The number of hydrogen-bond acceptors (Lipinski definition) is 7.